The summed E-state index contributed by atoms with van der Waals surface area (Å²) in [6, 6.07) is 19.0. The Labute approximate surface area is 201 Å². The number of halogens is 2. The first-order valence-corrected chi connectivity index (χ1v) is 13.2. The maximum absolute atomic E-state index is 4.91. The summed E-state index contributed by atoms with van der Waals surface area (Å²) in [6.45, 7) is 13.2. The van der Waals surface area contributed by atoms with Crippen molar-refractivity contribution in [2.45, 2.75) is 53.4 Å². The molecule has 0 amide bonds. The molecule has 0 saturated heterocycles. The molecule has 0 aliphatic carbocycles. The Hall–Kier alpha value is -1.65. The van der Waals surface area contributed by atoms with E-state index in [2.05, 4.69) is 90.1 Å². The van der Waals surface area contributed by atoms with Crippen LogP contribution in [0, 0.1) is 13.8 Å². The number of rotatable bonds is 5. The molecule has 0 aliphatic heterocycles. The molecule has 1 heterocycles. The number of aromatic nitrogens is 1. The van der Waals surface area contributed by atoms with Crippen LogP contribution in [-0.4, -0.2) is 11.2 Å². The molecule has 31 heavy (non-hydrogen) atoms. The molecule has 0 radical (unpaired) electrons. The van der Waals surface area contributed by atoms with Crippen LogP contribution in [0.5, 0.6) is 0 Å². The van der Waals surface area contributed by atoms with E-state index in [9.17, 15) is 0 Å². The Morgan fingerprint density at radius 1 is 0.806 bits per heavy atom. The van der Waals surface area contributed by atoms with E-state index in [0.29, 0.717) is 24.7 Å². The fourth-order valence-corrected chi connectivity index (χ4v) is 3.67. The molecule has 0 fully saturated rings. The third-order valence-corrected chi connectivity index (χ3v) is 5.18. The van der Waals surface area contributed by atoms with Crippen LogP contribution < -0.4 is 0 Å². The van der Waals surface area contributed by atoms with Gasteiger partial charge in [-0.15, -0.1) is 0 Å². The van der Waals surface area contributed by atoms with Crippen LogP contribution in [-0.2, 0) is 12.9 Å². The Morgan fingerprint density at radius 2 is 1.29 bits per heavy atom. The van der Waals surface area contributed by atoms with Gasteiger partial charge in [0, 0.05) is 5.56 Å². The Balaban J connectivity index is 0.00000107. The molecule has 0 aliphatic rings. The molecule has 0 N–H and O–H groups in total. The molecule has 2 nitrogen and oxygen atoms in total. The second kappa shape index (κ2) is 12.4. The van der Waals surface area contributed by atoms with E-state index in [4.69, 9.17) is 30.3 Å². The van der Waals surface area contributed by atoms with Crippen molar-refractivity contribution in [3.05, 3.63) is 82.5 Å². The minimum atomic E-state index is 0.382. The quantitative estimate of drug-likeness (QED) is 0.322. The van der Waals surface area contributed by atoms with Gasteiger partial charge < -0.3 is 0 Å². The topological polar surface area (TPSA) is 25.2 Å². The maximum atomic E-state index is 4.91. The van der Waals surface area contributed by atoms with Crippen LogP contribution in [0.25, 0.3) is 11.3 Å². The molecule has 1 aromatic heterocycles. The van der Waals surface area contributed by atoms with E-state index in [-0.39, 0.29) is 0 Å². The molecule has 0 unspecified atom stereocenters. The first-order chi connectivity index (χ1) is 14.8. The Kier molecular flexibility index (Phi) is 10.2. The molecular formula is C26H30Cl2CoN2. The molecule has 5 heteroatoms. The van der Waals surface area contributed by atoms with Gasteiger partial charge in [0.05, 0.1) is 23.3 Å². The van der Waals surface area contributed by atoms with Crippen molar-refractivity contribution in [1.82, 2.24) is 4.98 Å². The van der Waals surface area contributed by atoms with Gasteiger partial charge in [0.2, 0.25) is 0 Å². The van der Waals surface area contributed by atoms with Crippen molar-refractivity contribution in [1.29, 1.82) is 0 Å². The zero-order valence-corrected chi connectivity index (χ0v) is 21.5. The van der Waals surface area contributed by atoms with Gasteiger partial charge in [-0.1, -0.05) is 70.2 Å². The number of pyridine rings is 1. The molecule has 3 rings (SSSR count). The zero-order valence-electron chi connectivity index (χ0n) is 18.9. The number of para-hydroxylation sites is 1. The molecular weight excluding hydrogens is 470 g/mol. The first kappa shape index (κ1) is 25.6. The zero-order chi connectivity index (χ0) is 23.0. The summed E-state index contributed by atoms with van der Waals surface area (Å²) in [4.78, 5) is 9.79. The first-order valence-electron chi connectivity index (χ1n) is 10.3. The Bertz CT molecular complexity index is 983. The van der Waals surface area contributed by atoms with Crippen LogP contribution in [0.1, 0.15) is 67.5 Å². The average molecular weight is 500 g/mol. The number of hydrogen-bond donors (Lipinski definition) is 0. The van der Waals surface area contributed by atoms with Crippen molar-refractivity contribution >= 4 is 32.2 Å². The average Bonchev–Trinajstić information content (AvgIpc) is 2.72. The van der Waals surface area contributed by atoms with Crippen molar-refractivity contribution in [2.75, 3.05) is 0 Å². The molecule has 0 atom stereocenters. The fourth-order valence-electron chi connectivity index (χ4n) is 3.67. The standard InChI is InChI=1S/C26H30N2.2ClH.Co/c1-17(2)22-13-9-14-23(18(3)4)26(22)27-16-21-12-8-15-24(28-21)25-19(5)10-7-11-20(25)6;;;/h7-18H,1-6H3;2*1H;/q;;;+2/p-2. The number of nitrogens with zero attached hydrogens (tertiary/aromatic N) is 2. The van der Waals surface area contributed by atoms with Crippen molar-refractivity contribution in [3.8, 4) is 11.3 Å². The van der Waals surface area contributed by atoms with Crippen molar-refractivity contribution in [2.24, 2.45) is 4.99 Å². The van der Waals surface area contributed by atoms with Gasteiger partial charge in [0.25, 0.3) is 0 Å². The third-order valence-electron chi connectivity index (χ3n) is 5.18. The number of aliphatic imine (C=N–C) groups is 1. The molecule has 0 spiro atoms. The summed E-state index contributed by atoms with van der Waals surface area (Å²) in [5.74, 6) is 0.861. The SMILES string of the molecule is Cc1cccc(C)c1-c1cccc(C=Nc2c(C(C)C)cccc2C(C)C)n1.[Cl][Co][Cl]. The van der Waals surface area contributed by atoms with E-state index in [0.717, 1.165) is 17.1 Å². The fraction of sp³-hybridized carbons (Fsp3) is 0.308. The predicted octanol–water partition coefficient (Wildman–Crippen LogP) is 8.74. The van der Waals surface area contributed by atoms with Crippen LogP contribution >= 0.6 is 20.3 Å². The monoisotopic (exact) mass is 499 g/mol. The Morgan fingerprint density at radius 3 is 1.81 bits per heavy atom. The van der Waals surface area contributed by atoms with Crippen LogP contribution in [0.3, 0.4) is 0 Å². The normalized spacial score (nSPS) is 11.3. The summed E-state index contributed by atoms with van der Waals surface area (Å²) in [6.07, 6.45) is 1.91. The number of benzene rings is 2. The summed E-state index contributed by atoms with van der Waals surface area (Å²) < 4.78 is 0. The summed E-state index contributed by atoms with van der Waals surface area (Å²) in [7, 11) is 9.47. The van der Waals surface area contributed by atoms with E-state index in [1.165, 1.54) is 27.8 Å². The molecule has 0 bridgehead atoms. The molecule has 0 saturated carbocycles. The van der Waals surface area contributed by atoms with Gasteiger partial charge in [-0.25, -0.2) is 4.98 Å². The van der Waals surface area contributed by atoms with E-state index in [1.54, 1.807) is 0 Å². The molecule has 3 aromatic rings. The van der Waals surface area contributed by atoms with Crippen LogP contribution in [0.15, 0.2) is 59.6 Å². The predicted molar refractivity (Wildman–Crippen MR) is 133 cm³/mol. The van der Waals surface area contributed by atoms with Crippen molar-refractivity contribution < 1.29 is 12.9 Å². The molecule has 2 aromatic carbocycles. The van der Waals surface area contributed by atoms with Gasteiger partial charge in [-0.05, 0) is 60.1 Å². The van der Waals surface area contributed by atoms with Gasteiger partial charge in [-0.3, -0.25) is 4.99 Å². The van der Waals surface area contributed by atoms with Gasteiger partial charge in [0.15, 0.2) is 0 Å². The second-order valence-electron chi connectivity index (χ2n) is 8.11. The van der Waals surface area contributed by atoms with E-state index < -0.39 is 0 Å². The van der Waals surface area contributed by atoms with Crippen LogP contribution in [0.2, 0.25) is 0 Å². The summed E-state index contributed by atoms with van der Waals surface area (Å²) in [5, 5.41) is 0. The number of aryl methyl sites for hydroxylation is 2. The molecule has 167 valence electrons. The summed E-state index contributed by atoms with van der Waals surface area (Å²) >= 11 is 0.382. The second-order valence-corrected chi connectivity index (χ2v) is 9.83. The third kappa shape index (κ3) is 6.91. The van der Waals surface area contributed by atoms with Gasteiger partial charge >= 0.3 is 33.2 Å². The summed E-state index contributed by atoms with van der Waals surface area (Å²) in [5.41, 5.74) is 9.24. The van der Waals surface area contributed by atoms with Crippen LogP contribution in [0.4, 0.5) is 5.69 Å². The van der Waals surface area contributed by atoms with Crippen molar-refractivity contribution in [3.63, 3.8) is 0 Å². The van der Waals surface area contributed by atoms with Gasteiger partial charge in [0.1, 0.15) is 0 Å². The minimum absolute atomic E-state index is 0.382. The van der Waals surface area contributed by atoms with E-state index >= 15 is 0 Å². The van der Waals surface area contributed by atoms with E-state index in [1.807, 2.05) is 12.3 Å². The number of hydrogen-bond acceptors (Lipinski definition) is 2. The van der Waals surface area contributed by atoms with Gasteiger partial charge in [-0.2, -0.15) is 0 Å².